The van der Waals surface area contributed by atoms with E-state index in [2.05, 4.69) is 10.0 Å². The van der Waals surface area contributed by atoms with E-state index in [1.54, 1.807) is 20.8 Å². The van der Waals surface area contributed by atoms with Gasteiger partial charge < -0.3 is 10.1 Å². The fourth-order valence-corrected chi connectivity index (χ4v) is 3.56. The third kappa shape index (κ3) is 5.66. The number of carbonyl (C=O) groups excluding carboxylic acids is 1. The molecule has 2 N–H and O–H groups in total. The van der Waals surface area contributed by atoms with Crippen LogP contribution >= 0.6 is 0 Å². The predicted molar refractivity (Wildman–Crippen MR) is 78.0 cm³/mol. The maximum absolute atomic E-state index is 11.9. The van der Waals surface area contributed by atoms with Gasteiger partial charge in [-0.1, -0.05) is 13.3 Å². The molecule has 1 saturated carbocycles. The summed E-state index contributed by atoms with van der Waals surface area (Å²) in [5, 5.41) is 2.29. The second-order valence-corrected chi connectivity index (χ2v) is 8.27. The molecule has 0 radical (unpaired) electrons. The van der Waals surface area contributed by atoms with E-state index in [0.29, 0.717) is 19.4 Å². The van der Waals surface area contributed by atoms with Crippen LogP contribution in [0.25, 0.3) is 0 Å². The van der Waals surface area contributed by atoms with Gasteiger partial charge in [0.05, 0.1) is 5.25 Å². The Morgan fingerprint density at radius 1 is 1.30 bits per heavy atom. The van der Waals surface area contributed by atoms with Crippen LogP contribution in [0.2, 0.25) is 0 Å². The highest BCUT2D eigenvalue weighted by Gasteiger charge is 2.39. The van der Waals surface area contributed by atoms with Gasteiger partial charge in [0.25, 0.3) is 0 Å². The quantitative estimate of drug-likeness (QED) is 0.732. The largest absolute Gasteiger partial charge is 0.444 e. The molecule has 7 heteroatoms. The lowest BCUT2D eigenvalue weighted by Gasteiger charge is -2.35. The molecular formula is C13H26N2O4S. The number of carbonyl (C=O) groups is 1. The molecule has 0 heterocycles. The molecule has 0 aromatic rings. The average Bonchev–Trinajstić information content (AvgIpc) is 2.20. The molecule has 1 aliphatic carbocycles. The molecule has 0 bridgehead atoms. The number of ether oxygens (including phenoxy) is 1. The Morgan fingerprint density at radius 2 is 1.90 bits per heavy atom. The van der Waals surface area contributed by atoms with Crippen LogP contribution in [0, 0.1) is 0 Å². The van der Waals surface area contributed by atoms with Gasteiger partial charge in [-0.2, -0.15) is 0 Å². The van der Waals surface area contributed by atoms with Gasteiger partial charge in [-0.15, -0.1) is 0 Å². The van der Waals surface area contributed by atoms with E-state index in [-0.39, 0.29) is 6.04 Å². The molecule has 0 unspecified atom stereocenters. The van der Waals surface area contributed by atoms with E-state index in [1.165, 1.54) is 0 Å². The minimum absolute atomic E-state index is 0.113. The van der Waals surface area contributed by atoms with Gasteiger partial charge >= 0.3 is 6.09 Å². The predicted octanol–water partition coefficient (Wildman–Crippen LogP) is 1.76. The first-order valence-electron chi connectivity index (χ1n) is 7.12. The van der Waals surface area contributed by atoms with Gasteiger partial charge in [-0.25, -0.2) is 17.9 Å². The number of nitrogens with one attached hydrogen (secondary N) is 2. The van der Waals surface area contributed by atoms with Crippen molar-refractivity contribution >= 4 is 16.1 Å². The lowest BCUT2D eigenvalue weighted by atomic mass is 9.92. The normalized spacial score (nSPS) is 23.0. The van der Waals surface area contributed by atoms with Crippen LogP contribution in [0.4, 0.5) is 4.79 Å². The zero-order chi connectivity index (χ0) is 15.4. The van der Waals surface area contributed by atoms with Crippen LogP contribution in [0.15, 0.2) is 0 Å². The number of hydrogen-bond donors (Lipinski definition) is 2. The summed E-state index contributed by atoms with van der Waals surface area (Å²) in [6.07, 6.45) is 2.19. The van der Waals surface area contributed by atoms with E-state index >= 15 is 0 Å². The summed E-state index contributed by atoms with van der Waals surface area (Å²) in [5.74, 6) is 0. The molecule has 0 aliphatic heterocycles. The molecule has 1 aliphatic rings. The van der Waals surface area contributed by atoms with E-state index in [1.807, 2.05) is 6.92 Å². The fraction of sp³-hybridized carbons (Fsp3) is 0.923. The van der Waals surface area contributed by atoms with Crippen molar-refractivity contribution < 1.29 is 17.9 Å². The topological polar surface area (TPSA) is 84.5 Å². The van der Waals surface area contributed by atoms with Crippen molar-refractivity contribution in [3.05, 3.63) is 0 Å². The van der Waals surface area contributed by atoms with Crippen molar-refractivity contribution in [2.75, 3.05) is 6.54 Å². The maximum Gasteiger partial charge on any atom is 0.407 e. The highest BCUT2D eigenvalue weighted by molar-refractivity contribution is 7.90. The van der Waals surface area contributed by atoms with Crippen molar-refractivity contribution in [3.63, 3.8) is 0 Å². The zero-order valence-electron chi connectivity index (χ0n) is 12.7. The third-order valence-electron chi connectivity index (χ3n) is 3.09. The highest BCUT2D eigenvalue weighted by atomic mass is 32.2. The number of hydrogen-bond acceptors (Lipinski definition) is 4. The summed E-state index contributed by atoms with van der Waals surface area (Å²) in [6.45, 7) is 7.87. The van der Waals surface area contributed by atoms with Crippen LogP contribution in [-0.4, -0.2) is 37.9 Å². The summed E-state index contributed by atoms with van der Waals surface area (Å²) in [4.78, 5) is 11.5. The number of alkyl carbamates (subject to hydrolysis) is 1. The SMILES string of the molecule is CCCCNS(=O)(=O)C1CC(NC(=O)OC(C)(C)C)C1. The molecule has 0 saturated heterocycles. The van der Waals surface area contributed by atoms with Gasteiger partial charge in [0.15, 0.2) is 0 Å². The zero-order valence-corrected chi connectivity index (χ0v) is 13.5. The molecule has 1 rings (SSSR count). The number of rotatable bonds is 6. The summed E-state index contributed by atoms with van der Waals surface area (Å²) in [7, 11) is -3.24. The Labute approximate surface area is 121 Å². The second kappa shape index (κ2) is 6.76. The molecule has 118 valence electrons. The standard InChI is InChI=1S/C13H26N2O4S/c1-5-6-7-14-20(17,18)11-8-10(9-11)15-12(16)19-13(2,3)4/h10-11,14H,5-9H2,1-4H3,(H,15,16). The molecule has 0 aromatic heterocycles. The van der Waals surface area contributed by atoms with Gasteiger partial charge in [0, 0.05) is 12.6 Å². The summed E-state index contributed by atoms with van der Waals surface area (Å²) < 4.78 is 31.5. The fourth-order valence-electron chi connectivity index (χ4n) is 1.92. The van der Waals surface area contributed by atoms with Crippen LogP contribution < -0.4 is 10.0 Å². The minimum Gasteiger partial charge on any atom is -0.444 e. The van der Waals surface area contributed by atoms with Gasteiger partial charge in [0.1, 0.15) is 5.60 Å². The van der Waals surface area contributed by atoms with E-state index in [9.17, 15) is 13.2 Å². The van der Waals surface area contributed by atoms with E-state index in [0.717, 1.165) is 12.8 Å². The van der Waals surface area contributed by atoms with Gasteiger partial charge in [-0.05, 0) is 40.0 Å². The second-order valence-electron chi connectivity index (χ2n) is 6.23. The van der Waals surface area contributed by atoms with Gasteiger partial charge in [0.2, 0.25) is 10.0 Å². The Morgan fingerprint density at radius 3 is 2.40 bits per heavy atom. The smallest absolute Gasteiger partial charge is 0.407 e. The molecule has 20 heavy (non-hydrogen) atoms. The third-order valence-corrected chi connectivity index (χ3v) is 4.96. The van der Waals surface area contributed by atoms with Crippen molar-refractivity contribution in [2.24, 2.45) is 0 Å². The molecule has 0 atom stereocenters. The summed E-state index contributed by atoms with van der Waals surface area (Å²) in [6, 6.07) is -0.113. The highest BCUT2D eigenvalue weighted by Crippen LogP contribution is 2.26. The molecule has 0 aromatic carbocycles. The number of sulfonamides is 1. The van der Waals surface area contributed by atoms with Crippen LogP contribution in [0.3, 0.4) is 0 Å². The monoisotopic (exact) mass is 306 g/mol. The van der Waals surface area contributed by atoms with Crippen molar-refractivity contribution in [1.82, 2.24) is 10.0 Å². The molecular weight excluding hydrogens is 280 g/mol. The van der Waals surface area contributed by atoms with E-state index in [4.69, 9.17) is 4.74 Å². The maximum atomic E-state index is 11.9. The summed E-state index contributed by atoms with van der Waals surface area (Å²) in [5.41, 5.74) is -0.541. The van der Waals surface area contributed by atoms with E-state index < -0.39 is 27.0 Å². The number of amides is 1. The van der Waals surface area contributed by atoms with Crippen LogP contribution in [0.1, 0.15) is 53.4 Å². The van der Waals surface area contributed by atoms with Gasteiger partial charge in [-0.3, -0.25) is 0 Å². The van der Waals surface area contributed by atoms with Crippen molar-refractivity contribution in [1.29, 1.82) is 0 Å². The number of unbranched alkanes of at least 4 members (excludes halogenated alkanes) is 1. The van der Waals surface area contributed by atoms with Crippen molar-refractivity contribution in [3.8, 4) is 0 Å². The minimum atomic E-state index is -3.24. The molecule has 1 amide bonds. The molecule has 0 spiro atoms. The van der Waals surface area contributed by atoms with Crippen molar-refractivity contribution in [2.45, 2.75) is 70.3 Å². The Hall–Kier alpha value is -0.820. The summed E-state index contributed by atoms with van der Waals surface area (Å²) >= 11 is 0. The lowest BCUT2D eigenvalue weighted by Crippen LogP contribution is -2.53. The lowest BCUT2D eigenvalue weighted by molar-refractivity contribution is 0.0480. The molecule has 1 fully saturated rings. The Kier molecular flexibility index (Phi) is 5.82. The Balaban J connectivity index is 2.30. The first-order valence-corrected chi connectivity index (χ1v) is 8.66. The first-order chi connectivity index (χ1) is 9.14. The van der Waals surface area contributed by atoms with Crippen LogP contribution in [0.5, 0.6) is 0 Å². The Bertz CT molecular complexity index is 422. The molecule has 6 nitrogen and oxygen atoms in total. The average molecular weight is 306 g/mol. The van der Waals surface area contributed by atoms with Crippen LogP contribution in [-0.2, 0) is 14.8 Å². The first kappa shape index (κ1) is 17.2.